The third-order valence-electron chi connectivity index (χ3n) is 1.90. The summed E-state index contributed by atoms with van der Waals surface area (Å²) in [7, 11) is 0. The minimum Gasteiger partial charge on any atom is -0.291 e. The van der Waals surface area contributed by atoms with E-state index in [-0.39, 0.29) is 11.6 Å². The lowest BCUT2D eigenvalue weighted by molar-refractivity contribution is 0.100. The molecule has 0 aromatic carbocycles. The number of rotatable bonds is 2. The molecule has 0 saturated carbocycles. The first kappa shape index (κ1) is 9.45. The molecule has 2 aromatic rings. The first-order chi connectivity index (χ1) is 7.27. The maximum Gasteiger partial charge on any atom is 0.196 e. The van der Waals surface area contributed by atoms with Crippen LogP contribution < -0.4 is 0 Å². The van der Waals surface area contributed by atoms with Crippen LogP contribution in [0.3, 0.4) is 0 Å². The average molecular weight is 199 g/mol. The lowest BCUT2D eigenvalue weighted by atomic mass is 10.2. The zero-order valence-corrected chi connectivity index (χ0v) is 8.21. The number of ketones is 1. The molecule has 0 saturated heterocycles. The van der Waals surface area contributed by atoms with Crippen LogP contribution in [0.25, 0.3) is 11.4 Å². The molecule has 0 bridgehead atoms. The molecule has 0 spiro atoms. The van der Waals surface area contributed by atoms with Gasteiger partial charge in [0.25, 0.3) is 0 Å². The van der Waals surface area contributed by atoms with E-state index in [0.29, 0.717) is 5.69 Å². The van der Waals surface area contributed by atoms with Gasteiger partial charge in [0.2, 0.25) is 0 Å². The van der Waals surface area contributed by atoms with Gasteiger partial charge in [0, 0.05) is 19.3 Å². The second kappa shape index (κ2) is 3.96. The highest BCUT2D eigenvalue weighted by Gasteiger charge is 2.05. The number of Topliss-reactive ketones (excluding diaryl/α,β-unsaturated/α-hetero) is 1. The van der Waals surface area contributed by atoms with E-state index in [9.17, 15) is 4.79 Å². The predicted octanol–water partition coefficient (Wildman–Crippen LogP) is 1.74. The first-order valence-electron chi connectivity index (χ1n) is 4.53. The molecule has 0 atom stereocenters. The Morgan fingerprint density at radius 2 is 1.93 bits per heavy atom. The largest absolute Gasteiger partial charge is 0.291 e. The maximum absolute atomic E-state index is 11.1. The van der Waals surface area contributed by atoms with Crippen molar-refractivity contribution in [3.63, 3.8) is 0 Å². The van der Waals surface area contributed by atoms with Crippen LogP contribution in [0, 0.1) is 0 Å². The number of pyridine rings is 1. The zero-order valence-electron chi connectivity index (χ0n) is 8.21. The molecule has 0 aliphatic heterocycles. The van der Waals surface area contributed by atoms with Crippen molar-refractivity contribution in [1.29, 1.82) is 0 Å². The van der Waals surface area contributed by atoms with E-state index in [1.54, 1.807) is 18.5 Å². The molecule has 74 valence electrons. The van der Waals surface area contributed by atoms with Crippen LogP contribution in [-0.4, -0.2) is 20.7 Å². The zero-order chi connectivity index (χ0) is 10.7. The second-order valence-electron chi connectivity index (χ2n) is 3.04. The molecule has 0 aliphatic rings. The lowest BCUT2D eigenvalue weighted by Gasteiger charge is -1.99. The SMILES string of the molecule is CC(=O)c1nccc(-c2ccccn2)n1. The standard InChI is InChI=1S/C11H9N3O/c1-8(15)11-13-7-5-10(14-11)9-4-2-3-6-12-9/h2-7H,1H3. The van der Waals surface area contributed by atoms with Crippen LogP contribution in [0.2, 0.25) is 0 Å². The maximum atomic E-state index is 11.1. The molecule has 2 rings (SSSR count). The fraction of sp³-hybridized carbons (Fsp3) is 0.0909. The molecule has 0 amide bonds. The van der Waals surface area contributed by atoms with Crippen molar-refractivity contribution in [2.24, 2.45) is 0 Å². The summed E-state index contributed by atoms with van der Waals surface area (Å²) in [5, 5.41) is 0. The Morgan fingerprint density at radius 3 is 2.60 bits per heavy atom. The topological polar surface area (TPSA) is 55.7 Å². The summed E-state index contributed by atoms with van der Waals surface area (Å²) in [6.07, 6.45) is 3.25. The van der Waals surface area contributed by atoms with Gasteiger partial charge in [-0.2, -0.15) is 0 Å². The highest BCUT2D eigenvalue weighted by Crippen LogP contribution is 2.12. The van der Waals surface area contributed by atoms with Crippen molar-refractivity contribution >= 4 is 5.78 Å². The molecule has 0 N–H and O–H groups in total. The Morgan fingerprint density at radius 1 is 1.07 bits per heavy atom. The molecule has 4 nitrogen and oxygen atoms in total. The van der Waals surface area contributed by atoms with Crippen molar-refractivity contribution < 1.29 is 4.79 Å². The van der Waals surface area contributed by atoms with Crippen LogP contribution in [0.4, 0.5) is 0 Å². The third kappa shape index (κ3) is 2.04. The van der Waals surface area contributed by atoms with Gasteiger partial charge in [0.05, 0.1) is 11.4 Å². The van der Waals surface area contributed by atoms with E-state index in [4.69, 9.17) is 0 Å². The molecular formula is C11H9N3O. The Hall–Kier alpha value is -2.10. The van der Waals surface area contributed by atoms with E-state index in [2.05, 4.69) is 15.0 Å². The van der Waals surface area contributed by atoms with Gasteiger partial charge in [-0.25, -0.2) is 9.97 Å². The number of nitrogens with zero attached hydrogens (tertiary/aromatic N) is 3. The molecule has 15 heavy (non-hydrogen) atoms. The Balaban J connectivity index is 2.46. The molecule has 2 heterocycles. The quantitative estimate of drug-likeness (QED) is 0.691. The van der Waals surface area contributed by atoms with E-state index in [0.717, 1.165) is 5.69 Å². The van der Waals surface area contributed by atoms with Gasteiger partial charge >= 0.3 is 0 Å². The fourth-order valence-corrected chi connectivity index (χ4v) is 1.19. The van der Waals surface area contributed by atoms with Crippen LogP contribution >= 0.6 is 0 Å². The van der Waals surface area contributed by atoms with E-state index < -0.39 is 0 Å². The fourth-order valence-electron chi connectivity index (χ4n) is 1.19. The van der Waals surface area contributed by atoms with Crippen molar-refractivity contribution in [2.75, 3.05) is 0 Å². The average Bonchev–Trinajstić information content (AvgIpc) is 2.30. The van der Waals surface area contributed by atoms with Crippen molar-refractivity contribution in [1.82, 2.24) is 15.0 Å². The molecule has 0 fully saturated rings. The number of carbonyl (C=O) groups is 1. The van der Waals surface area contributed by atoms with Gasteiger partial charge in [-0.15, -0.1) is 0 Å². The number of carbonyl (C=O) groups excluding carboxylic acids is 1. The normalized spacial score (nSPS) is 9.93. The predicted molar refractivity (Wildman–Crippen MR) is 55.3 cm³/mol. The van der Waals surface area contributed by atoms with Gasteiger partial charge < -0.3 is 0 Å². The summed E-state index contributed by atoms with van der Waals surface area (Å²) in [5.74, 6) is 0.0749. The monoisotopic (exact) mass is 199 g/mol. The van der Waals surface area contributed by atoms with Gasteiger partial charge in [0.1, 0.15) is 0 Å². The molecule has 0 unspecified atom stereocenters. The summed E-state index contributed by atoms with van der Waals surface area (Å²) in [6, 6.07) is 7.27. The summed E-state index contributed by atoms with van der Waals surface area (Å²) in [4.78, 5) is 23.2. The number of aromatic nitrogens is 3. The lowest BCUT2D eigenvalue weighted by Crippen LogP contribution is -2.01. The number of hydrogen-bond donors (Lipinski definition) is 0. The van der Waals surface area contributed by atoms with Crippen molar-refractivity contribution in [2.45, 2.75) is 6.92 Å². The Kier molecular flexibility index (Phi) is 2.49. The Labute approximate surface area is 87.0 Å². The smallest absolute Gasteiger partial charge is 0.196 e. The van der Waals surface area contributed by atoms with E-state index in [1.807, 2.05) is 18.2 Å². The van der Waals surface area contributed by atoms with Gasteiger partial charge in [-0.1, -0.05) is 6.07 Å². The molecule has 4 heteroatoms. The van der Waals surface area contributed by atoms with Crippen LogP contribution in [0.5, 0.6) is 0 Å². The summed E-state index contributed by atoms with van der Waals surface area (Å²) >= 11 is 0. The van der Waals surface area contributed by atoms with Gasteiger partial charge in [0.15, 0.2) is 11.6 Å². The van der Waals surface area contributed by atoms with Gasteiger partial charge in [-0.3, -0.25) is 9.78 Å². The van der Waals surface area contributed by atoms with Gasteiger partial charge in [-0.05, 0) is 18.2 Å². The molecule has 2 aromatic heterocycles. The summed E-state index contributed by atoms with van der Waals surface area (Å²) in [5.41, 5.74) is 1.40. The van der Waals surface area contributed by atoms with Crippen molar-refractivity contribution in [3.8, 4) is 11.4 Å². The van der Waals surface area contributed by atoms with E-state index >= 15 is 0 Å². The highest BCUT2D eigenvalue weighted by atomic mass is 16.1. The Bertz CT molecular complexity index is 482. The van der Waals surface area contributed by atoms with Crippen LogP contribution in [-0.2, 0) is 0 Å². The minimum atomic E-state index is -0.146. The molecular weight excluding hydrogens is 190 g/mol. The molecule has 0 radical (unpaired) electrons. The molecule has 0 aliphatic carbocycles. The first-order valence-corrected chi connectivity index (χ1v) is 4.53. The number of hydrogen-bond acceptors (Lipinski definition) is 4. The third-order valence-corrected chi connectivity index (χ3v) is 1.90. The van der Waals surface area contributed by atoms with Crippen LogP contribution in [0.1, 0.15) is 17.5 Å². The highest BCUT2D eigenvalue weighted by molar-refractivity contribution is 5.90. The second-order valence-corrected chi connectivity index (χ2v) is 3.04. The van der Waals surface area contributed by atoms with Crippen molar-refractivity contribution in [3.05, 3.63) is 42.5 Å². The summed E-state index contributed by atoms with van der Waals surface area (Å²) < 4.78 is 0. The van der Waals surface area contributed by atoms with E-state index in [1.165, 1.54) is 6.92 Å². The minimum absolute atomic E-state index is 0.146. The summed E-state index contributed by atoms with van der Waals surface area (Å²) in [6.45, 7) is 1.44. The van der Waals surface area contributed by atoms with Crippen LogP contribution in [0.15, 0.2) is 36.7 Å².